The second-order valence-electron chi connectivity index (χ2n) is 8.59. The van der Waals surface area contributed by atoms with Crippen molar-refractivity contribution in [2.75, 3.05) is 0 Å². The molecule has 1 aliphatic carbocycles. The van der Waals surface area contributed by atoms with Crippen LogP contribution in [0.2, 0.25) is 0 Å². The maximum absolute atomic E-state index is 11.7. The third kappa shape index (κ3) is 2.99. The predicted molar refractivity (Wildman–Crippen MR) is 88.4 cm³/mol. The van der Waals surface area contributed by atoms with Gasteiger partial charge in [0.05, 0.1) is 5.41 Å². The van der Waals surface area contributed by atoms with Crippen molar-refractivity contribution in [1.82, 2.24) is 0 Å². The molecule has 0 radical (unpaired) electrons. The molecule has 122 valence electrons. The molecule has 1 fully saturated rings. The quantitative estimate of drug-likeness (QED) is 0.854. The van der Waals surface area contributed by atoms with E-state index in [0.717, 1.165) is 18.4 Å². The molecule has 2 N–H and O–H groups in total. The van der Waals surface area contributed by atoms with Crippen molar-refractivity contribution in [3.63, 3.8) is 0 Å². The van der Waals surface area contributed by atoms with E-state index in [4.69, 9.17) is 0 Å². The zero-order valence-corrected chi connectivity index (χ0v) is 14.4. The number of hydrogen-bond acceptors (Lipinski definition) is 2. The van der Waals surface area contributed by atoms with Gasteiger partial charge in [0, 0.05) is 5.56 Å². The van der Waals surface area contributed by atoms with Crippen molar-refractivity contribution >= 4 is 5.97 Å². The van der Waals surface area contributed by atoms with Gasteiger partial charge >= 0.3 is 5.97 Å². The number of aromatic hydroxyl groups is 1. The van der Waals surface area contributed by atoms with Gasteiger partial charge in [0.1, 0.15) is 5.75 Å². The number of phenolic OH excluding ortho intramolecular Hbond substituents is 1. The van der Waals surface area contributed by atoms with Gasteiger partial charge in [0.25, 0.3) is 0 Å². The van der Waals surface area contributed by atoms with Crippen molar-refractivity contribution < 1.29 is 15.0 Å². The summed E-state index contributed by atoms with van der Waals surface area (Å²) in [5.74, 6) is -0.711. The largest absolute Gasteiger partial charge is 0.508 e. The number of carboxylic acid groups (broad SMARTS) is 1. The number of phenols is 1. The van der Waals surface area contributed by atoms with Crippen LogP contribution in [-0.4, -0.2) is 16.2 Å². The van der Waals surface area contributed by atoms with Gasteiger partial charge in [-0.1, -0.05) is 53.2 Å². The molecule has 0 atom stereocenters. The van der Waals surface area contributed by atoms with Gasteiger partial charge in [-0.25, -0.2) is 0 Å². The second kappa shape index (κ2) is 5.29. The topological polar surface area (TPSA) is 57.5 Å². The Kier molecular flexibility index (Phi) is 4.05. The molecular formula is C19H28O3. The molecule has 0 unspecified atom stereocenters. The Morgan fingerprint density at radius 2 is 1.77 bits per heavy atom. The number of benzene rings is 1. The maximum atomic E-state index is 11.7. The summed E-state index contributed by atoms with van der Waals surface area (Å²) in [7, 11) is 0. The highest BCUT2D eigenvalue weighted by Gasteiger charge is 2.48. The van der Waals surface area contributed by atoms with Crippen molar-refractivity contribution in [2.45, 2.75) is 71.1 Å². The van der Waals surface area contributed by atoms with Gasteiger partial charge in [-0.2, -0.15) is 0 Å². The summed E-state index contributed by atoms with van der Waals surface area (Å²) in [4.78, 5) is 11.7. The minimum absolute atomic E-state index is 0.0653. The fourth-order valence-corrected chi connectivity index (χ4v) is 3.90. The second-order valence-corrected chi connectivity index (χ2v) is 8.59. The van der Waals surface area contributed by atoms with E-state index in [9.17, 15) is 15.0 Å². The molecular weight excluding hydrogens is 276 g/mol. The van der Waals surface area contributed by atoms with Crippen LogP contribution in [0.3, 0.4) is 0 Å². The highest BCUT2D eigenvalue weighted by molar-refractivity contribution is 5.83. The van der Waals surface area contributed by atoms with Gasteiger partial charge in [-0.15, -0.1) is 0 Å². The summed E-state index contributed by atoms with van der Waals surface area (Å²) >= 11 is 0. The lowest BCUT2D eigenvalue weighted by atomic mass is 9.63. The lowest BCUT2D eigenvalue weighted by molar-refractivity contribution is -0.147. The average molecular weight is 304 g/mol. The highest BCUT2D eigenvalue weighted by atomic mass is 16.4. The van der Waals surface area contributed by atoms with Gasteiger partial charge in [-0.3, -0.25) is 4.79 Å². The number of hydrogen-bond donors (Lipinski definition) is 2. The standard InChI is InChI=1S/C19H28O3/c1-17(2,3)12-18(4,5)13-7-8-15(20)14(11-13)19(16(21)22)9-6-10-19/h7-8,11,20H,6,9-10,12H2,1-5H3,(H,21,22). The van der Waals surface area contributed by atoms with E-state index in [1.54, 1.807) is 6.07 Å². The van der Waals surface area contributed by atoms with E-state index >= 15 is 0 Å². The molecule has 2 rings (SSSR count). The molecule has 1 aliphatic rings. The van der Waals surface area contributed by atoms with E-state index < -0.39 is 11.4 Å². The van der Waals surface area contributed by atoms with Crippen molar-refractivity contribution in [2.24, 2.45) is 5.41 Å². The predicted octanol–water partition coefficient (Wildman–Crippen LogP) is 4.61. The molecule has 0 heterocycles. The van der Waals surface area contributed by atoms with Crippen LogP contribution in [0.4, 0.5) is 0 Å². The normalized spacial score (nSPS) is 17.9. The highest BCUT2D eigenvalue weighted by Crippen LogP contribution is 2.48. The lowest BCUT2D eigenvalue weighted by Gasteiger charge is -2.40. The van der Waals surface area contributed by atoms with Gasteiger partial charge < -0.3 is 10.2 Å². The van der Waals surface area contributed by atoms with Gasteiger partial charge in [-0.05, 0) is 41.7 Å². The zero-order valence-electron chi connectivity index (χ0n) is 14.4. The molecule has 0 aliphatic heterocycles. The van der Waals surface area contributed by atoms with Crippen LogP contribution in [0.25, 0.3) is 0 Å². The monoisotopic (exact) mass is 304 g/mol. The first-order valence-corrected chi connectivity index (χ1v) is 8.05. The van der Waals surface area contributed by atoms with Crippen LogP contribution in [0.5, 0.6) is 5.75 Å². The number of rotatable bonds is 4. The van der Waals surface area contributed by atoms with Crippen molar-refractivity contribution in [1.29, 1.82) is 0 Å². The summed E-state index contributed by atoms with van der Waals surface area (Å²) in [5.41, 5.74) is 0.915. The summed E-state index contributed by atoms with van der Waals surface area (Å²) in [6.45, 7) is 11.0. The first kappa shape index (κ1) is 16.9. The molecule has 1 saturated carbocycles. The molecule has 0 aromatic heterocycles. The first-order valence-electron chi connectivity index (χ1n) is 8.05. The molecule has 1 aromatic carbocycles. The Bertz CT molecular complexity index is 575. The fourth-order valence-electron chi connectivity index (χ4n) is 3.90. The molecule has 0 spiro atoms. The van der Waals surface area contributed by atoms with Crippen LogP contribution >= 0.6 is 0 Å². The smallest absolute Gasteiger partial charge is 0.314 e. The number of carboxylic acids is 1. The fraction of sp³-hybridized carbons (Fsp3) is 0.632. The molecule has 0 saturated heterocycles. The van der Waals surface area contributed by atoms with E-state index in [2.05, 4.69) is 34.6 Å². The van der Waals surface area contributed by atoms with Crippen LogP contribution in [0.1, 0.15) is 71.4 Å². The summed E-state index contributed by atoms with van der Waals surface area (Å²) in [6, 6.07) is 5.52. The molecule has 3 nitrogen and oxygen atoms in total. The SMILES string of the molecule is CC(C)(C)CC(C)(C)c1ccc(O)c(C2(C(=O)O)CCC2)c1. The van der Waals surface area contributed by atoms with Gasteiger partial charge in [0.15, 0.2) is 0 Å². The van der Waals surface area contributed by atoms with Crippen molar-refractivity contribution in [3.8, 4) is 5.75 Å². The third-order valence-corrected chi connectivity index (χ3v) is 4.88. The van der Waals surface area contributed by atoms with E-state index in [-0.39, 0.29) is 16.6 Å². The molecule has 3 heteroatoms. The summed E-state index contributed by atoms with van der Waals surface area (Å²) in [5, 5.41) is 19.9. The Balaban J connectivity index is 2.45. The van der Waals surface area contributed by atoms with E-state index in [1.165, 1.54) is 0 Å². The van der Waals surface area contributed by atoms with Crippen LogP contribution < -0.4 is 0 Å². The van der Waals surface area contributed by atoms with E-state index in [1.807, 2.05) is 12.1 Å². The number of aliphatic carboxylic acids is 1. The van der Waals surface area contributed by atoms with Crippen molar-refractivity contribution in [3.05, 3.63) is 29.3 Å². The molecule has 0 bridgehead atoms. The Labute approximate surface area is 133 Å². The van der Waals surface area contributed by atoms with E-state index in [0.29, 0.717) is 18.4 Å². The first-order chi connectivity index (χ1) is 9.98. The molecule has 1 aromatic rings. The summed E-state index contributed by atoms with van der Waals surface area (Å²) in [6.07, 6.45) is 3.11. The summed E-state index contributed by atoms with van der Waals surface area (Å²) < 4.78 is 0. The Hall–Kier alpha value is -1.51. The maximum Gasteiger partial charge on any atom is 0.314 e. The van der Waals surface area contributed by atoms with Gasteiger partial charge in [0.2, 0.25) is 0 Å². The Morgan fingerprint density at radius 3 is 2.18 bits per heavy atom. The third-order valence-electron chi connectivity index (χ3n) is 4.88. The lowest BCUT2D eigenvalue weighted by Crippen LogP contribution is -2.42. The zero-order chi connectivity index (χ0) is 16.8. The molecule has 22 heavy (non-hydrogen) atoms. The molecule has 0 amide bonds. The minimum Gasteiger partial charge on any atom is -0.508 e. The Morgan fingerprint density at radius 1 is 1.18 bits per heavy atom. The van der Waals surface area contributed by atoms with Crippen LogP contribution in [-0.2, 0) is 15.6 Å². The minimum atomic E-state index is -0.891. The number of carbonyl (C=O) groups is 1. The average Bonchev–Trinajstić information content (AvgIpc) is 2.25. The van der Waals surface area contributed by atoms with Crippen LogP contribution in [0, 0.1) is 5.41 Å². The van der Waals surface area contributed by atoms with Crippen LogP contribution in [0.15, 0.2) is 18.2 Å².